The van der Waals surface area contributed by atoms with Crippen molar-refractivity contribution in [1.82, 2.24) is 4.57 Å². The Labute approximate surface area is 173 Å². The minimum atomic E-state index is -1.05. The summed E-state index contributed by atoms with van der Waals surface area (Å²) in [6.45, 7) is 4.71. The Bertz CT molecular complexity index is 1010. The fourth-order valence-corrected chi connectivity index (χ4v) is 2.73. The van der Waals surface area contributed by atoms with Crippen LogP contribution in [0, 0.1) is 0 Å². The lowest BCUT2D eigenvalue weighted by Gasteiger charge is -2.18. The lowest BCUT2D eigenvalue weighted by molar-refractivity contribution is 0.0465. The first-order valence-electron chi connectivity index (χ1n) is 9.34. The van der Waals surface area contributed by atoms with E-state index in [1.54, 1.807) is 45.0 Å². The van der Waals surface area contributed by atoms with Crippen molar-refractivity contribution in [1.29, 1.82) is 0 Å². The number of carbonyl (C=O) groups excluding carboxylic acids is 3. The van der Waals surface area contributed by atoms with E-state index in [0.717, 1.165) is 6.20 Å². The summed E-state index contributed by atoms with van der Waals surface area (Å²) in [6, 6.07) is 6.50. The first-order valence-corrected chi connectivity index (χ1v) is 9.34. The highest BCUT2D eigenvalue weighted by molar-refractivity contribution is 6.04. The molecule has 0 radical (unpaired) electrons. The average Bonchev–Trinajstić information content (AvgIpc) is 2.73. The first kappa shape index (κ1) is 22.7. The summed E-state index contributed by atoms with van der Waals surface area (Å²) in [7, 11) is 1.46. The average molecular weight is 417 g/mol. The molecule has 0 saturated heterocycles. The summed E-state index contributed by atoms with van der Waals surface area (Å²) in [5.41, 5.74) is -2.01. The van der Waals surface area contributed by atoms with Crippen molar-refractivity contribution in [2.24, 2.45) is 0 Å². The summed E-state index contributed by atoms with van der Waals surface area (Å²) in [5.74, 6) is -2.44. The molecule has 0 bridgehead atoms. The van der Waals surface area contributed by atoms with Gasteiger partial charge in [-0.2, -0.15) is 0 Å². The molecule has 9 nitrogen and oxygen atoms in total. The third kappa shape index (κ3) is 4.68. The quantitative estimate of drug-likeness (QED) is 0.476. The van der Waals surface area contributed by atoms with E-state index in [9.17, 15) is 19.2 Å². The minimum Gasteiger partial charge on any atom is -0.497 e. The van der Waals surface area contributed by atoms with Gasteiger partial charge in [0.2, 0.25) is 5.43 Å². The number of benzene rings is 1. The molecule has 1 aromatic carbocycles. The Balaban J connectivity index is 2.94. The number of esters is 3. The van der Waals surface area contributed by atoms with Gasteiger partial charge in [-0.3, -0.25) is 4.79 Å². The van der Waals surface area contributed by atoms with Gasteiger partial charge in [0.25, 0.3) is 0 Å². The number of pyridine rings is 1. The molecule has 2 aromatic rings. The molecule has 1 aromatic heterocycles. The molecule has 0 aliphatic carbocycles. The maximum Gasteiger partial charge on any atom is 0.356 e. The normalized spacial score (nSPS) is 10.3. The molecule has 2 rings (SSSR count). The van der Waals surface area contributed by atoms with Crippen LogP contribution in [0.25, 0.3) is 5.69 Å². The van der Waals surface area contributed by atoms with Crippen LogP contribution in [-0.2, 0) is 14.2 Å². The molecule has 0 saturated carbocycles. The standard InChI is InChI=1S/C21H23NO8/c1-5-28-19(24)15-12-22(13-9-8-10-14(11-13)27-4)17(21(26)30-7-3)16(18(15)23)20(25)29-6-2/h8-12H,5-7H2,1-4H3. The number of methoxy groups -OCH3 is 1. The maximum absolute atomic E-state index is 13.0. The predicted molar refractivity (Wildman–Crippen MR) is 106 cm³/mol. The maximum atomic E-state index is 13.0. The summed E-state index contributed by atoms with van der Waals surface area (Å²) >= 11 is 0. The Kier molecular flexibility index (Phi) is 7.74. The van der Waals surface area contributed by atoms with E-state index in [4.69, 9.17) is 18.9 Å². The third-order valence-electron chi connectivity index (χ3n) is 3.98. The van der Waals surface area contributed by atoms with Crippen LogP contribution in [-0.4, -0.2) is 49.4 Å². The largest absolute Gasteiger partial charge is 0.497 e. The topological polar surface area (TPSA) is 110 Å². The summed E-state index contributed by atoms with van der Waals surface area (Å²) in [4.78, 5) is 50.7. The number of carbonyl (C=O) groups is 3. The number of aromatic nitrogens is 1. The van der Waals surface area contributed by atoms with Crippen molar-refractivity contribution in [3.05, 3.63) is 57.5 Å². The molecule has 0 unspecified atom stereocenters. The van der Waals surface area contributed by atoms with Gasteiger partial charge in [0.05, 0.1) is 26.9 Å². The molecule has 0 atom stereocenters. The fourth-order valence-electron chi connectivity index (χ4n) is 2.73. The van der Waals surface area contributed by atoms with Crippen molar-refractivity contribution in [2.45, 2.75) is 20.8 Å². The van der Waals surface area contributed by atoms with Gasteiger partial charge < -0.3 is 23.5 Å². The third-order valence-corrected chi connectivity index (χ3v) is 3.98. The van der Waals surface area contributed by atoms with E-state index < -0.39 is 34.5 Å². The zero-order chi connectivity index (χ0) is 22.3. The van der Waals surface area contributed by atoms with E-state index in [-0.39, 0.29) is 25.5 Å². The molecule has 0 aliphatic heterocycles. The van der Waals surface area contributed by atoms with Crippen LogP contribution in [0.15, 0.2) is 35.3 Å². The molecule has 0 fully saturated rings. The van der Waals surface area contributed by atoms with Gasteiger partial charge in [0, 0.05) is 18.0 Å². The molecule has 0 aliphatic rings. The van der Waals surface area contributed by atoms with Gasteiger partial charge in [-0.05, 0) is 32.9 Å². The van der Waals surface area contributed by atoms with Crippen LogP contribution >= 0.6 is 0 Å². The summed E-state index contributed by atoms with van der Waals surface area (Å²) in [6.07, 6.45) is 1.14. The Morgan fingerprint density at radius 1 is 0.900 bits per heavy atom. The van der Waals surface area contributed by atoms with Crippen LogP contribution in [0.3, 0.4) is 0 Å². The lowest BCUT2D eigenvalue weighted by atomic mass is 10.1. The van der Waals surface area contributed by atoms with E-state index >= 15 is 0 Å². The number of ether oxygens (including phenoxy) is 4. The SMILES string of the molecule is CCOC(=O)c1cn(-c2cccc(OC)c2)c(C(=O)OCC)c(C(=O)OCC)c1=O. The van der Waals surface area contributed by atoms with Crippen LogP contribution in [0.4, 0.5) is 0 Å². The van der Waals surface area contributed by atoms with Crippen molar-refractivity contribution in [3.63, 3.8) is 0 Å². The molecular formula is C21H23NO8. The van der Waals surface area contributed by atoms with Crippen LogP contribution in [0.1, 0.15) is 52.0 Å². The highest BCUT2D eigenvalue weighted by Gasteiger charge is 2.31. The van der Waals surface area contributed by atoms with Gasteiger partial charge >= 0.3 is 17.9 Å². The first-order chi connectivity index (χ1) is 14.4. The van der Waals surface area contributed by atoms with Crippen molar-refractivity contribution < 1.29 is 33.3 Å². The van der Waals surface area contributed by atoms with Gasteiger partial charge in [-0.1, -0.05) is 6.07 Å². The summed E-state index contributed by atoms with van der Waals surface area (Å²) in [5, 5.41) is 0. The summed E-state index contributed by atoms with van der Waals surface area (Å²) < 4.78 is 21.4. The minimum absolute atomic E-state index is 0.00697. The second kappa shape index (κ2) is 10.2. The van der Waals surface area contributed by atoms with Crippen molar-refractivity contribution in [2.75, 3.05) is 26.9 Å². The van der Waals surface area contributed by atoms with E-state index in [1.165, 1.54) is 11.7 Å². The van der Waals surface area contributed by atoms with Crippen LogP contribution in [0.5, 0.6) is 5.75 Å². The highest BCUT2D eigenvalue weighted by atomic mass is 16.5. The zero-order valence-corrected chi connectivity index (χ0v) is 17.2. The zero-order valence-electron chi connectivity index (χ0n) is 17.2. The van der Waals surface area contributed by atoms with Crippen molar-refractivity contribution in [3.8, 4) is 11.4 Å². The molecule has 0 spiro atoms. The lowest BCUT2D eigenvalue weighted by Crippen LogP contribution is -2.32. The van der Waals surface area contributed by atoms with E-state index in [1.807, 2.05) is 0 Å². The molecule has 160 valence electrons. The van der Waals surface area contributed by atoms with Gasteiger partial charge in [-0.25, -0.2) is 14.4 Å². The van der Waals surface area contributed by atoms with E-state index in [0.29, 0.717) is 11.4 Å². The number of nitrogens with zero attached hydrogens (tertiary/aromatic N) is 1. The molecule has 1 heterocycles. The molecule has 9 heteroatoms. The van der Waals surface area contributed by atoms with Gasteiger partial charge in [-0.15, -0.1) is 0 Å². The molecular weight excluding hydrogens is 394 g/mol. The highest BCUT2D eigenvalue weighted by Crippen LogP contribution is 2.21. The second-order valence-corrected chi connectivity index (χ2v) is 5.83. The fraction of sp³-hybridized carbons (Fsp3) is 0.333. The van der Waals surface area contributed by atoms with Crippen molar-refractivity contribution >= 4 is 17.9 Å². The van der Waals surface area contributed by atoms with E-state index in [2.05, 4.69) is 0 Å². The molecule has 30 heavy (non-hydrogen) atoms. The smallest absolute Gasteiger partial charge is 0.356 e. The Morgan fingerprint density at radius 2 is 1.50 bits per heavy atom. The monoisotopic (exact) mass is 417 g/mol. The number of hydrogen-bond donors (Lipinski definition) is 0. The van der Waals surface area contributed by atoms with Gasteiger partial charge in [0.1, 0.15) is 16.9 Å². The second-order valence-electron chi connectivity index (χ2n) is 5.83. The number of rotatable bonds is 8. The Hall–Kier alpha value is -3.62. The number of hydrogen-bond acceptors (Lipinski definition) is 8. The van der Waals surface area contributed by atoms with Crippen LogP contribution in [0.2, 0.25) is 0 Å². The Morgan fingerprint density at radius 3 is 2.10 bits per heavy atom. The molecule has 0 N–H and O–H groups in total. The van der Waals surface area contributed by atoms with Crippen LogP contribution < -0.4 is 10.2 Å². The predicted octanol–water partition coefficient (Wildman–Crippen LogP) is 2.38. The molecule has 0 amide bonds. The van der Waals surface area contributed by atoms with Gasteiger partial charge in [0.15, 0.2) is 5.69 Å².